The van der Waals surface area contributed by atoms with Gasteiger partial charge < -0.3 is 14.3 Å². The second kappa shape index (κ2) is 7.41. The molecule has 162 valence electrons. The predicted molar refractivity (Wildman–Crippen MR) is 143 cm³/mol. The molecule has 2 heterocycles. The summed E-state index contributed by atoms with van der Waals surface area (Å²) in [6, 6.07) is 37.3. The van der Waals surface area contributed by atoms with Crippen LogP contribution in [0.15, 0.2) is 114 Å². The fraction of sp³-hybridized carbons (Fsp3) is 0. The number of benzene rings is 5. The van der Waals surface area contributed by atoms with Crippen molar-refractivity contribution < 1.29 is 4.42 Å². The molecular weight excluding hydrogens is 440 g/mol. The lowest BCUT2D eigenvalue weighted by Crippen LogP contribution is -1.94. The molecule has 1 N–H and O–H groups in total. The second-order valence-corrected chi connectivity index (χ2v) is 8.85. The van der Waals surface area contributed by atoms with E-state index in [1.54, 1.807) is 0 Å². The van der Waals surface area contributed by atoms with E-state index in [4.69, 9.17) is 16.0 Å². The van der Waals surface area contributed by atoms with E-state index >= 15 is 0 Å². The van der Waals surface area contributed by atoms with Gasteiger partial charge >= 0.3 is 0 Å². The second-order valence-electron chi connectivity index (χ2n) is 8.44. The van der Waals surface area contributed by atoms with Crippen LogP contribution in [0, 0.1) is 0 Å². The van der Waals surface area contributed by atoms with Crippen molar-refractivity contribution in [1.29, 1.82) is 0 Å². The quantitative estimate of drug-likeness (QED) is 0.286. The maximum atomic E-state index is 6.45. The molecule has 0 amide bonds. The van der Waals surface area contributed by atoms with Crippen LogP contribution in [0.3, 0.4) is 0 Å². The molecule has 0 fully saturated rings. The smallest absolute Gasteiger partial charge is 0.145 e. The first-order valence-electron chi connectivity index (χ1n) is 11.2. The minimum absolute atomic E-state index is 0.689. The third kappa shape index (κ3) is 2.84. The number of para-hydroxylation sites is 3. The van der Waals surface area contributed by atoms with Crippen molar-refractivity contribution in [2.45, 2.75) is 0 Å². The van der Waals surface area contributed by atoms with Gasteiger partial charge in [0.1, 0.15) is 11.2 Å². The Hall–Kier alpha value is -4.21. The number of nitrogens with one attached hydrogen (secondary N) is 1. The minimum atomic E-state index is 0.689. The first-order chi connectivity index (χ1) is 16.8. The van der Waals surface area contributed by atoms with Crippen molar-refractivity contribution in [2.75, 3.05) is 5.32 Å². The average molecular weight is 459 g/mol. The normalized spacial score (nSPS) is 11.7. The van der Waals surface area contributed by atoms with Crippen LogP contribution in [0.2, 0.25) is 5.02 Å². The molecule has 0 spiro atoms. The Morgan fingerprint density at radius 1 is 0.647 bits per heavy atom. The fourth-order valence-corrected chi connectivity index (χ4v) is 5.12. The van der Waals surface area contributed by atoms with E-state index in [2.05, 4.69) is 76.6 Å². The number of hydrogen-bond donors (Lipinski definition) is 1. The van der Waals surface area contributed by atoms with Crippen molar-refractivity contribution in [1.82, 2.24) is 4.57 Å². The molecule has 0 atom stereocenters. The first-order valence-corrected chi connectivity index (χ1v) is 11.6. The van der Waals surface area contributed by atoms with Crippen molar-refractivity contribution in [3.05, 3.63) is 114 Å². The molecule has 0 bridgehead atoms. The third-order valence-electron chi connectivity index (χ3n) is 6.44. The molecule has 5 aromatic carbocycles. The molecule has 3 nitrogen and oxygen atoms in total. The predicted octanol–water partition coefficient (Wildman–Crippen LogP) is 9.08. The molecule has 0 unspecified atom stereocenters. The zero-order chi connectivity index (χ0) is 22.6. The van der Waals surface area contributed by atoms with Crippen LogP contribution in [0.1, 0.15) is 0 Å². The molecule has 7 aromatic rings. The number of aromatic nitrogens is 1. The van der Waals surface area contributed by atoms with Gasteiger partial charge in [-0.3, -0.25) is 0 Å². The van der Waals surface area contributed by atoms with Gasteiger partial charge in [-0.2, -0.15) is 0 Å². The fourth-order valence-electron chi connectivity index (χ4n) is 4.94. The van der Waals surface area contributed by atoms with Crippen LogP contribution in [-0.2, 0) is 0 Å². The Morgan fingerprint density at radius 2 is 1.41 bits per heavy atom. The lowest BCUT2D eigenvalue weighted by atomic mass is 10.1. The summed E-state index contributed by atoms with van der Waals surface area (Å²) < 4.78 is 8.75. The Kier molecular flexibility index (Phi) is 4.20. The monoisotopic (exact) mass is 458 g/mol. The first kappa shape index (κ1) is 19.3. The van der Waals surface area contributed by atoms with Gasteiger partial charge in [-0.25, -0.2) is 0 Å². The van der Waals surface area contributed by atoms with Gasteiger partial charge in [-0.1, -0.05) is 60.1 Å². The third-order valence-corrected chi connectivity index (χ3v) is 6.77. The minimum Gasteiger partial charge on any atom is -0.455 e. The Labute approximate surface area is 200 Å². The lowest BCUT2D eigenvalue weighted by molar-refractivity contribution is 0.673. The van der Waals surface area contributed by atoms with Crippen LogP contribution in [0.25, 0.3) is 49.4 Å². The number of hydrogen-bond acceptors (Lipinski definition) is 2. The summed E-state index contributed by atoms with van der Waals surface area (Å²) in [7, 11) is 0. The molecular formula is C30H19ClN2O. The number of furan rings is 1. The summed E-state index contributed by atoms with van der Waals surface area (Å²) >= 11 is 6.41. The summed E-state index contributed by atoms with van der Waals surface area (Å²) in [5.74, 6) is 0. The highest BCUT2D eigenvalue weighted by molar-refractivity contribution is 6.33. The van der Waals surface area contributed by atoms with E-state index in [0.717, 1.165) is 60.8 Å². The molecule has 4 heteroatoms. The summed E-state index contributed by atoms with van der Waals surface area (Å²) in [4.78, 5) is 0. The topological polar surface area (TPSA) is 30.1 Å². The zero-order valence-corrected chi connectivity index (χ0v) is 18.9. The van der Waals surface area contributed by atoms with Crippen molar-refractivity contribution in [3.8, 4) is 5.69 Å². The molecule has 0 aliphatic heterocycles. The van der Waals surface area contributed by atoms with E-state index in [0.29, 0.717) is 5.02 Å². The van der Waals surface area contributed by atoms with Crippen molar-refractivity contribution in [2.24, 2.45) is 0 Å². The van der Waals surface area contributed by atoms with Crippen LogP contribution in [0.4, 0.5) is 11.4 Å². The van der Waals surface area contributed by atoms with Gasteiger partial charge in [-0.05, 0) is 60.7 Å². The Morgan fingerprint density at radius 3 is 2.29 bits per heavy atom. The SMILES string of the molecule is Clc1ccccc1Nc1ccc2c(c1)c1c3oc4ccccc4c3ccc1n2-c1ccccc1. The zero-order valence-electron chi connectivity index (χ0n) is 18.1. The Bertz CT molecular complexity index is 1850. The van der Waals surface area contributed by atoms with E-state index in [1.165, 1.54) is 0 Å². The molecule has 7 rings (SSSR count). The van der Waals surface area contributed by atoms with E-state index in [9.17, 15) is 0 Å². The summed E-state index contributed by atoms with van der Waals surface area (Å²) in [6.07, 6.45) is 0. The van der Waals surface area contributed by atoms with Crippen LogP contribution in [-0.4, -0.2) is 4.57 Å². The highest BCUT2D eigenvalue weighted by atomic mass is 35.5. The standard InChI is InChI=1S/C30H19ClN2O/c31-24-11-5-6-12-25(24)32-19-14-16-26-23(18-19)29-27(33(26)20-8-2-1-3-9-20)17-15-22-21-10-4-7-13-28(21)34-30(22)29/h1-18,32H. The number of fused-ring (bicyclic) bond motifs is 7. The molecule has 0 aliphatic carbocycles. The van der Waals surface area contributed by atoms with Crippen LogP contribution >= 0.6 is 11.6 Å². The maximum absolute atomic E-state index is 6.45. The number of halogens is 1. The number of rotatable bonds is 3. The number of anilines is 2. The molecule has 0 saturated carbocycles. The van der Waals surface area contributed by atoms with Gasteiger partial charge in [-0.15, -0.1) is 0 Å². The lowest BCUT2D eigenvalue weighted by Gasteiger charge is -2.10. The summed E-state index contributed by atoms with van der Waals surface area (Å²) in [5.41, 5.74) is 7.01. The van der Waals surface area contributed by atoms with Gasteiger partial charge in [0.25, 0.3) is 0 Å². The molecule has 34 heavy (non-hydrogen) atoms. The van der Waals surface area contributed by atoms with Crippen LogP contribution < -0.4 is 5.32 Å². The average Bonchev–Trinajstić information content (AvgIpc) is 3.41. The van der Waals surface area contributed by atoms with Gasteiger partial charge in [0.05, 0.1) is 27.1 Å². The maximum Gasteiger partial charge on any atom is 0.145 e. The van der Waals surface area contributed by atoms with E-state index in [1.807, 2.05) is 42.5 Å². The van der Waals surface area contributed by atoms with E-state index < -0.39 is 0 Å². The molecule has 2 aromatic heterocycles. The summed E-state index contributed by atoms with van der Waals surface area (Å²) in [6.45, 7) is 0. The van der Waals surface area contributed by atoms with Gasteiger partial charge in [0.15, 0.2) is 0 Å². The van der Waals surface area contributed by atoms with Crippen molar-refractivity contribution >= 4 is 66.7 Å². The van der Waals surface area contributed by atoms with Crippen molar-refractivity contribution in [3.63, 3.8) is 0 Å². The van der Waals surface area contributed by atoms with Gasteiger partial charge in [0.2, 0.25) is 0 Å². The van der Waals surface area contributed by atoms with Gasteiger partial charge in [0, 0.05) is 27.5 Å². The largest absolute Gasteiger partial charge is 0.455 e. The van der Waals surface area contributed by atoms with E-state index in [-0.39, 0.29) is 0 Å². The highest BCUT2D eigenvalue weighted by Gasteiger charge is 2.19. The molecule has 0 saturated heterocycles. The summed E-state index contributed by atoms with van der Waals surface area (Å²) in [5, 5.41) is 8.66. The number of nitrogens with zero attached hydrogens (tertiary/aromatic N) is 1. The van der Waals surface area contributed by atoms with Crippen LogP contribution in [0.5, 0.6) is 0 Å². The molecule has 0 aliphatic rings. The highest BCUT2D eigenvalue weighted by Crippen LogP contribution is 2.41. The Balaban J connectivity index is 1.58. The molecule has 0 radical (unpaired) electrons.